The number of rotatable bonds is 3. The number of anilines is 1. The minimum absolute atomic E-state index is 0.0177. The first-order chi connectivity index (χ1) is 11.0. The monoisotopic (exact) mass is 318 g/mol. The first kappa shape index (κ1) is 14.2. The minimum Gasteiger partial charge on any atom is -0.434 e. The fraction of sp³-hybridized carbons (Fsp3) is 0.438. The van der Waals surface area contributed by atoms with Gasteiger partial charge >= 0.3 is 6.09 Å². The SMILES string of the molecule is NC(=O)[C@H]1CN(c2ccc([C@H]3[C@@H]4CC(=O)C[C@@H]43)c(F)c2)C(=O)O1. The Morgan fingerprint density at radius 2 is 1.96 bits per heavy atom. The summed E-state index contributed by atoms with van der Waals surface area (Å²) in [6.07, 6.45) is -0.654. The largest absolute Gasteiger partial charge is 0.434 e. The average Bonchev–Trinajstić information content (AvgIpc) is 2.84. The number of primary amides is 1. The van der Waals surface area contributed by atoms with Crippen molar-refractivity contribution < 1.29 is 23.5 Å². The van der Waals surface area contributed by atoms with E-state index in [1.54, 1.807) is 12.1 Å². The van der Waals surface area contributed by atoms with Crippen LogP contribution in [-0.2, 0) is 14.3 Å². The zero-order valence-corrected chi connectivity index (χ0v) is 12.2. The zero-order valence-electron chi connectivity index (χ0n) is 12.2. The van der Waals surface area contributed by atoms with Gasteiger partial charge in [0.25, 0.3) is 5.91 Å². The Kier molecular flexibility index (Phi) is 2.94. The maximum atomic E-state index is 14.4. The second-order valence-electron chi connectivity index (χ2n) is 6.39. The molecule has 1 saturated heterocycles. The third-order valence-corrected chi connectivity index (χ3v) is 5.04. The summed E-state index contributed by atoms with van der Waals surface area (Å²) in [5.41, 5.74) is 6.05. The van der Waals surface area contributed by atoms with E-state index in [1.165, 1.54) is 11.0 Å². The smallest absolute Gasteiger partial charge is 0.415 e. The molecule has 0 aromatic heterocycles. The van der Waals surface area contributed by atoms with E-state index in [9.17, 15) is 18.8 Å². The van der Waals surface area contributed by atoms with Crippen molar-refractivity contribution in [2.75, 3.05) is 11.4 Å². The van der Waals surface area contributed by atoms with E-state index in [1.807, 2.05) is 0 Å². The molecule has 3 fully saturated rings. The molecule has 1 aliphatic heterocycles. The van der Waals surface area contributed by atoms with Crippen molar-refractivity contribution in [2.45, 2.75) is 24.9 Å². The van der Waals surface area contributed by atoms with E-state index < -0.39 is 23.9 Å². The number of cyclic esters (lactones) is 1. The van der Waals surface area contributed by atoms with Crippen LogP contribution in [0.2, 0.25) is 0 Å². The van der Waals surface area contributed by atoms with Gasteiger partial charge in [0.1, 0.15) is 11.6 Å². The molecular weight excluding hydrogens is 303 g/mol. The number of benzene rings is 1. The molecule has 2 aliphatic carbocycles. The maximum Gasteiger partial charge on any atom is 0.415 e. The summed E-state index contributed by atoms with van der Waals surface area (Å²) < 4.78 is 19.3. The normalized spacial score (nSPS) is 32.0. The van der Waals surface area contributed by atoms with Gasteiger partial charge < -0.3 is 10.5 Å². The number of nitrogens with two attached hydrogens (primary N) is 1. The number of hydrogen-bond acceptors (Lipinski definition) is 4. The van der Waals surface area contributed by atoms with Crippen molar-refractivity contribution in [3.05, 3.63) is 29.6 Å². The van der Waals surface area contributed by atoms with Gasteiger partial charge in [0.2, 0.25) is 0 Å². The van der Waals surface area contributed by atoms with Crippen molar-refractivity contribution in [3.8, 4) is 0 Å². The van der Waals surface area contributed by atoms with Gasteiger partial charge in [0.15, 0.2) is 6.10 Å². The molecule has 1 aromatic carbocycles. The number of carbonyl (C=O) groups excluding carboxylic acids is 3. The van der Waals surface area contributed by atoms with Crippen molar-refractivity contribution in [1.82, 2.24) is 0 Å². The molecule has 23 heavy (non-hydrogen) atoms. The summed E-state index contributed by atoms with van der Waals surface area (Å²) in [5.74, 6) is -0.244. The van der Waals surface area contributed by atoms with Crippen LogP contribution in [0, 0.1) is 17.7 Å². The Morgan fingerprint density at radius 1 is 1.26 bits per heavy atom. The molecule has 0 spiro atoms. The number of halogens is 1. The molecule has 0 unspecified atom stereocenters. The summed E-state index contributed by atoms with van der Waals surface area (Å²) in [4.78, 5) is 35.4. The van der Waals surface area contributed by atoms with Gasteiger partial charge in [-0.05, 0) is 35.4 Å². The van der Waals surface area contributed by atoms with Crippen LogP contribution in [0.4, 0.5) is 14.9 Å². The van der Waals surface area contributed by atoms with Crippen LogP contribution in [0.25, 0.3) is 0 Å². The molecule has 3 aliphatic rings. The standard InChI is InChI=1S/C16H15FN2O4/c17-12-3-7(19-6-13(15(18)21)23-16(19)22)1-2-9(12)14-10-4-8(20)5-11(10)14/h1-3,10-11,13-14H,4-6H2,(H2,18,21)/t10-,11+,13-,14+/m1/s1. The average molecular weight is 318 g/mol. The highest BCUT2D eigenvalue weighted by atomic mass is 19.1. The van der Waals surface area contributed by atoms with Gasteiger partial charge in [-0.2, -0.15) is 0 Å². The summed E-state index contributed by atoms with van der Waals surface area (Å²) in [6, 6.07) is 4.57. The van der Waals surface area contributed by atoms with Crippen molar-refractivity contribution in [1.29, 1.82) is 0 Å². The lowest BCUT2D eigenvalue weighted by Crippen LogP contribution is -2.32. The molecule has 0 radical (unpaired) electrons. The summed E-state index contributed by atoms with van der Waals surface area (Å²) >= 11 is 0. The van der Waals surface area contributed by atoms with E-state index in [2.05, 4.69) is 0 Å². The highest BCUT2D eigenvalue weighted by Gasteiger charge is 2.57. The topological polar surface area (TPSA) is 89.7 Å². The Balaban J connectivity index is 1.54. The van der Waals surface area contributed by atoms with Crippen LogP contribution in [-0.4, -0.2) is 30.4 Å². The second-order valence-corrected chi connectivity index (χ2v) is 6.39. The fourth-order valence-corrected chi connectivity index (χ4v) is 3.85. The first-order valence-corrected chi connectivity index (χ1v) is 7.54. The fourth-order valence-electron chi connectivity index (χ4n) is 3.85. The Labute approximate surface area is 131 Å². The molecule has 2 amide bonds. The quantitative estimate of drug-likeness (QED) is 0.910. The number of Topliss-reactive ketones (excluding diaryl/α,β-unsaturated/α-hetero) is 1. The predicted octanol–water partition coefficient (Wildman–Crippen LogP) is 1.33. The minimum atomic E-state index is -1.01. The van der Waals surface area contributed by atoms with Gasteiger partial charge in [-0.25, -0.2) is 9.18 Å². The van der Waals surface area contributed by atoms with Gasteiger partial charge in [0, 0.05) is 12.8 Å². The summed E-state index contributed by atoms with van der Waals surface area (Å²) in [5, 5.41) is 0. The van der Waals surface area contributed by atoms with E-state index in [0.717, 1.165) is 0 Å². The van der Waals surface area contributed by atoms with E-state index in [0.29, 0.717) is 24.1 Å². The van der Waals surface area contributed by atoms with Crippen LogP contribution in [0.5, 0.6) is 0 Å². The number of nitrogens with zero attached hydrogens (tertiary/aromatic N) is 1. The Hall–Kier alpha value is -2.44. The molecule has 7 heteroatoms. The highest BCUT2D eigenvalue weighted by Crippen LogP contribution is 2.62. The lowest BCUT2D eigenvalue weighted by molar-refractivity contribution is -0.124. The molecule has 1 aromatic rings. The number of fused-ring (bicyclic) bond motifs is 1. The third kappa shape index (κ3) is 2.18. The van der Waals surface area contributed by atoms with Crippen LogP contribution < -0.4 is 10.6 Å². The molecule has 4 rings (SSSR count). The molecule has 2 saturated carbocycles. The molecule has 120 valence electrons. The second kappa shape index (κ2) is 4.78. The molecule has 2 N–H and O–H groups in total. The number of ketones is 1. The number of carbonyl (C=O) groups is 3. The summed E-state index contributed by atoms with van der Waals surface area (Å²) in [6.45, 7) is -0.0177. The van der Waals surface area contributed by atoms with Crippen LogP contribution in [0.3, 0.4) is 0 Å². The Morgan fingerprint density at radius 3 is 2.52 bits per heavy atom. The molecule has 6 nitrogen and oxygen atoms in total. The van der Waals surface area contributed by atoms with E-state index in [-0.39, 0.29) is 30.1 Å². The van der Waals surface area contributed by atoms with Crippen LogP contribution in [0.15, 0.2) is 18.2 Å². The third-order valence-electron chi connectivity index (χ3n) is 5.04. The maximum absolute atomic E-state index is 14.4. The molecule has 1 heterocycles. The van der Waals surface area contributed by atoms with Crippen molar-refractivity contribution in [3.63, 3.8) is 0 Å². The van der Waals surface area contributed by atoms with Gasteiger partial charge in [-0.3, -0.25) is 14.5 Å². The van der Waals surface area contributed by atoms with Gasteiger partial charge in [0.05, 0.1) is 12.2 Å². The first-order valence-electron chi connectivity index (χ1n) is 7.54. The number of amides is 2. The number of hydrogen-bond donors (Lipinski definition) is 1. The van der Waals surface area contributed by atoms with Crippen LogP contribution >= 0.6 is 0 Å². The molecule has 4 atom stereocenters. The number of ether oxygens (including phenoxy) is 1. The molecular formula is C16H15FN2O4. The summed E-state index contributed by atoms with van der Waals surface area (Å²) in [7, 11) is 0. The van der Waals surface area contributed by atoms with Crippen LogP contribution in [0.1, 0.15) is 24.3 Å². The lowest BCUT2D eigenvalue weighted by Gasteiger charge is -2.14. The van der Waals surface area contributed by atoms with Gasteiger partial charge in [-0.1, -0.05) is 6.07 Å². The van der Waals surface area contributed by atoms with E-state index >= 15 is 0 Å². The lowest BCUT2D eigenvalue weighted by atomic mass is 10.0. The van der Waals surface area contributed by atoms with Gasteiger partial charge in [-0.15, -0.1) is 0 Å². The van der Waals surface area contributed by atoms with Crippen molar-refractivity contribution >= 4 is 23.5 Å². The van der Waals surface area contributed by atoms with E-state index in [4.69, 9.17) is 10.5 Å². The predicted molar refractivity (Wildman–Crippen MR) is 77.2 cm³/mol. The van der Waals surface area contributed by atoms with Crippen molar-refractivity contribution in [2.24, 2.45) is 17.6 Å². The zero-order chi connectivity index (χ0) is 16.3. The highest BCUT2D eigenvalue weighted by molar-refractivity contribution is 5.95. The molecule has 0 bridgehead atoms. The Bertz CT molecular complexity index is 721.